The van der Waals surface area contributed by atoms with Crippen LogP contribution < -0.4 is 0 Å². The number of aryl methyl sites for hydroxylation is 2. The summed E-state index contributed by atoms with van der Waals surface area (Å²) < 4.78 is 1.91. The summed E-state index contributed by atoms with van der Waals surface area (Å²) in [5.41, 5.74) is 1.65. The van der Waals surface area contributed by atoms with Crippen LogP contribution >= 0.6 is 0 Å². The fourth-order valence-corrected chi connectivity index (χ4v) is 2.13. The Balaban J connectivity index is 2.49. The number of unbranched alkanes of at least 4 members (excludes halogenated alkanes) is 1. The summed E-state index contributed by atoms with van der Waals surface area (Å²) in [5.74, 6) is -0.138. The van der Waals surface area contributed by atoms with Gasteiger partial charge < -0.3 is 14.8 Å². The number of aliphatic hydroxyl groups excluding tert-OH is 1. The third kappa shape index (κ3) is 2.22. The van der Waals surface area contributed by atoms with Crippen molar-refractivity contribution in [3.63, 3.8) is 0 Å². The maximum atomic E-state index is 11.2. The van der Waals surface area contributed by atoms with E-state index in [1.165, 1.54) is 0 Å². The Hall–Kier alpha value is -1.88. The van der Waals surface area contributed by atoms with Crippen molar-refractivity contribution in [2.45, 2.75) is 26.3 Å². The van der Waals surface area contributed by atoms with Crippen LogP contribution in [0.3, 0.4) is 0 Å². The largest absolute Gasteiger partial charge is 0.478 e. The van der Waals surface area contributed by atoms with E-state index >= 15 is 0 Å². The molecule has 0 fully saturated rings. The molecule has 1 aromatic heterocycles. The van der Waals surface area contributed by atoms with Gasteiger partial charge >= 0.3 is 5.97 Å². The average Bonchev–Trinajstić information content (AvgIpc) is 2.65. The van der Waals surface area contributed by atoms with E-state index in [1.807, 2.05) is 17.6 Å². The third-order valence-corrected chi connectivity index (χ3v) is 2.98. The Kier molecular flexibility index (Phi) is 3.62. The van der Waals surface area contributed by atoms with Crippen molar-refractivity contribution in [3.05, 3.63) is 29.6 Å². The van der Waals surface area contributed by atoms with Crippen LogP contribution in [0.25, 0.3) is 11.0 Å². The lowest BCUT2D eigenvalue weighted by Crippen LogP contribution is -2.06. The van der Waals surface area contributed by atoms with Crippen molar-refractivity contribution >= 4 is 17.0 Å². The summed E-state index contributed by atoms with van der Waals surface area (Å²) in [7, 11) is 0. The molecule has 0 atom stereocenters. The minimum atomic E-state index is -0.941. The second-order valence-electron chi connectivity index (χ2n) is 4.22. The molecule has 0 saturated carbocycles. The number of hydrogen-bond donors (Lipinski definition) is 2. The van der Waals surface area contributed by atoms with Crippen molar-refractivity contribution in [1.29, 1.82) is 0 Å². The Morgan fingerprint density at radius 1 is 1.39 bits per heavy atom. The maximum Gasteiger partial charge on any atom is 0.337 e. The molecule has 2 rings (SSSR count). The first kappa shape index (κ1) is 12.6. The van der Waals surface area contributed by atoms with E-state index in [1.54, 1.807) is 12.1 Å². The molecule has 0 aliphatic rings. The van der Waals surface area contributed by atoms with Gasteiger partial charge in [0, 0.05) is 13.2 Å². The molecule has 5 nitrogen and oxygen atoms in total. The van der Waals surface area contributed by atoms with Crippen molar-refractivity contribution < 1.29 is 15.0 Å². The maximum absolute atomic E-state index is 11.2. The number of rotatable bonds is 5. The van der Waals surface area contributed by atoms with E-state index < -0.39 is 5.97 Å². The standard InChI is InChI=1S/C13H16N2O3/c1-9-14-11-6-4-5-10(13(17)18)12(11)15(9)7-2-3-8-16/h4-6,16H,2-3,7-8H2,1H3,(H,17,18). The highest BCUT2D eigenvalue weighted by Crippen LogP contribution is 2.21. The number of nitrogens with zero attached hydrogens (tertiary/aromatic N) is 2. The van der Waals surface area contributed by atoms with Crippen LogP contribution in [-0.2, 0) is 6.54 Å². The molecule has 0 saturated heterocycles. The van der Waals surface area contributed by atoms with E-state index in [0.717, 1.165) is 12.2 Å². The van der Waals surface area contributed by atoms with Crippen molar-refractivity contribution in [2.24, 2.45) is 0 Å². The average molecular weight is 248 g/mol. The van der Waals surface area contributed by atoms with Crippen LogP contribution in [0.4, 0.5) is 0 Å². The Morgan fingerprint density at radius 2 is 2.17 bits per heavy atom. The molecule has 2 N–H and O–H groups in total. The quantitative estimate of drug-likeness (QED) is 0.791. The number of carboxylic acid groups (broad SMARTS) is 1. The number of para-hydroxylation sites is 1. The van der Waals surface area contributed by atoms with E-state index in [4.69, 9.17) is 5.11 Å². The van der Waals surface area contributed by atoms with Gasteiger partial charge in [0.1, 0.15) is 5.82 Å². The number of imidazole rings is 1. The monoisotopic (exact) mass is 248 g/mol. The molecule has 0 aliphatic carbocycles. The molecular weight excluding hydrogens is 232 g/mol. The normalized spacial score (nSPS) is 11.0. The molecule has 0 bridgehead atoms. The number of hydrogen-bond acceptors (Lipinski definition) is 3. The summed E-state index contributed by atoms with van der Waals surface area (Å²) >= 11 is 0. The lowest BCUT2D eigenvalue weighted by atomic mass is 10.2. The van der Waals surface area contributed by atoms with Crippen LogP contribution in [0.15, 0.2) is 18.2 Å². The Labute approximate surface area is 105 Å². The van der Waals surface area contributed by atoms with E-state index in [2.05, 4.69) is 4.98 Å². The minimum Gasteiger partial charge on any atom is -0.478 e. The predicted octanol–water partition coefficient (Wildman–Crippen LogP) is 1.82. The smallest absolute Gasteiger partial charge is 0.337 e. The summed E-state index contributed by atoms with van der Waals surface area (Å²) in [6.07, 6.45) is 1.51. The zero-order valence-electron chi connectivity index (χ0n) is 10.3. The number of aromatic nitrogens is 2. The zero-order chi connectivity index (χ0) is 13.1. The van der Waals surface area contributed by atoms with Gasteiger partial charge in [0.25, 0.3) is 0 Å². The molecule has 0 amide bonds. The summed E-state index contributed by atoms with van der Waals surface area (Å²) in [5, 5.41) is 18.0. The lowest BCUT2D eigenvalue weighted by Gasteiger charge is -2.07. The lowest BCUT2D eigenvalue weighted by molar-refractivity contribution is 0.0698. The van der Waals surface area contributed by atoms with E-state index in [9.17, 15) is 9.90 Å². The second-order valence-corrected chi connectivity index (χ2v) is 4.22. The van der Waals surface area contributed by atoms with Crippen molar-refractivity contribution in [3.8, 4) is 0 Å². The van der Waals surface area contributed by atoms with E-state index in [-0.39, 0.29) is 12.2 Å². The highest BCUT2D eigenvalue weighted by Gasteiger charge is 2.15. The number of benzene rings is 1. The summed E-state index contributed by atoms with van der Waals surface area (Å²) in [6, 6.07) is 5.11. The van der Waals surface area contributed by atoms with Gasteiger partial charge in [-0.05, 0) is 31.9 Å². The van der Waals surface area contributed by atoms with Gasteiger partial charge in [-0.1, -0.05) is 6.07 Å². The van der Waals surface area contributed by atoms with Crippen molar-refractivity contribution in [2.75, 3.05) is 6.61 Å². The first-order valence-electron chi connectivity index (χ1n) is 5.95. The molecule has 0 radical (unpaired) electrons. The molecule has 0 aliphatic heterocycles. The van der Waals surface area contributed by atoms with Crippen LogP contribution in [0.1, 0.15) is 29.0 Å². The fourth-order valence-electron chi connectivity index (χ4n) is 2.13. The highest BCUT2D eigenvalue weighted by atomic mass is 16.4. The summed E-state index contributed by atoms with van der Waals surface area (Å²) in [6.45, 7) is 2.69. The first-order chi connectivity index (χ1) is 8.65. The van der Waals surface area contributed by atoms with Gasteiger partial charge in [0.15, 0.2) is 0 Å². The van der Waals surface area contributed by atoms with Crippen LogP contribution in [0.2, 0.25) is 0 Å². The number of fused-ring (bicyclic) bond motifs is 1. The molecule has 18 heavy (non-hydrogen) atoms. The number of aliphatic hydroxyl groups is 1. The van der Waals surface area contributed by atoms with E-state index in [0.29, 0.717) is 24.0 Å². The molecule has 2 aromatic rings. The van der Waals surface area contributed by atoms with Crippen LogP contribution in [-0.4, -0.2) is 32.3 Å². The Bertz CT molecular complexity index is 575. The third-order valence-electron chi connectivity index (χ3n) is 2.98. The highest BCUT2D eigenvalue weighted by molar-refractivity contribution is 6.01. The molecule has 5 heteroatoms. The Morgan fingerprint density at radius 3 is 2.83 bits per heavy atom. The molecule has 1 heterocycles. The molecule has 0 spiro atoms. The molecular formula is C13H16N2O3. The number of aromatic carboxylic acids is 1. The minimum absolute atomic E-state index is 0.150. The first-order valence-corrected chi connectivity index (χ1v) is 5.95. The van der Waals surface area contributed by atoms with Crippen molar-refractivity contribution in [1.82, 2.24) is 9.55 Å². The molecule has 1 aromatic carbocycles. The summed E-state index contributed by atoms with van der Waals surface area (Å²) in [4.78, 5) is 15.6. The van der Waals surface area contributed by atoms with Gasteiger partial charge in [-0.25, -0.2) is 9.78 Å². The van der Waals surface area contributed by atoms with Gasteiger partial charge in [0.2, 0.25) is 0 Å². The molecule has 96 valence electrons. The van der Waals surface area contributed by atoms with Crippen LogP contribution in [0.5, 0.6) is 0 Å². The van der Waals surface area contributed by atoms with Gasteiger partial charge in [0.05, 0.1) is 16.6 Å². The SMILES string of the molecule is Cc1nc2cccc(C(=O)O)c2n1CCCCO. The fraction of sp³-hybridized carbons (Fsp3) is 0.385. The number of carboxylic acids is 1. The second kappa shape index (κ2) is 5.18. The van der Waals surface area contributed by atoms with Gasteiger partial charge in [-0.3, -0.25) is 0 Å². The number of carbonyl (C=O) groups is 1. The predicted molar refractivity (Wildman–Crippen MR) is 67.7 cm³/mol. The van der Waals surface area contributed by atoms with Gasteiger partial charge in [-0.2, -0.15) is 0 Å². The van der Waals surface area contributed by atoms with Crippen LogP contribution in [0, 0.1) is 6.92 Å². The zero-order valence-corrected chi connectivity index (χ0v) is 10.3. The van der Waals surface area contributed by atoms with Gasteiger partial charge in [-0.15, -0.1) is 0 Å². The topological polar surface area (TPSA) is 75.3 Å². The molecule has 0 unspecified atom stereocenters.